The zero-order valence-corrected chi connectivity index (χ0v) is 12.2. The lowest BCUT2D eigenvalue weighted by atomic mass is 10.0. The molecule has 1 aliphatic rings. The summed E-state index contributed by atoms with van der Waals surface area (Å²) in [6, 6.07) is 6.44. The topological polar surface area (TPSA) is 26.0 Å². The monoisotopic (exact) mass is 353 g/mol. The van der Waals surface area contributed by atoms with Crippen molar-refractivity contribution in [3.05, 3.63) is 32.7 Å². The molecule has 0 aromatic heterocycles. The Morgan fingerprint density at radius 2 is 1.73 bits per heavy atom. The average molecular weight is 356 g/mol. The van der Waals surface area contributed by atoms with Gasteiger partial charge in [-0.25, -0.2) is 0 Å². The highest BCUT2D eigenvalue weighted by molar-refractivity contribution is 9.11. The number of halogens is 3. The van der Waals surface area contributed by atoms with Crippen LogP contribution in [0.4, 0.5) is 0 Å². The smallest absolute Gasteiger partial charge is 0.0298 e. The first-order valence-corrected chi connectivity index (χ1v) is 6.45. The Kier molecular flexibility index (Phi) is 5.10. The third kappa shape index (κ3) is 4.06. The normalized spacial score (nSPS) is 17.0. The van der Waals surface area contributed by atoms with Gasteiger partial charge < -0.3 is 5.73 Å². The minimum atomic E-state index is 0. The van der Waals surface area contributed by atoms with Crippen LogP contribution in [0.25, 0.3) is 0 Å². The molecule has 1 aliphatic carbocycles. The number of rotatable bonds is 3. The lowest BCUT2D eigenvalue weighted by Crippen LogP contribution is -2.10. The highest BCUT2D eigenvalue weighted by atomic mass is 79.9. The molecule has 0 amide bonds. The highest BCUT2D eigenvalue weighted by Crippen LogP contribution is 2.37. The van der Waals surface area contributed by atoms with E-state index in [0.29, 0.717) is 0 Å². The second-order valence-corrected chi connectivity index (χ2v) is 5.82. The second kappa shape index (κ2) is 5.67. The summed E-state index contributed by atoms with van der Waals surface area (Å²) in [6.45, 7) is 0. The van der Waals surface area contributed by atoms with E-state index < -0.39 is 0 Å². The Hall–Kier alpha value is 0.430. The fraction of sp³-hybridized carbons (Fsp3) is 0.455. The lowest BCUT2D eigenvalue weighted by molar-refractivity contribution is 0.596. The summed E-state index contributed by atoms with van der Waals surface area (Å²) in [5, 5.41) is 0. The van der Waals surface area contributed by atoms with Gasteiger partial charge in [0.1, 0.15) is 0 Å². The molecule has 2 N–H and O–H groups in total. The van der Waals surface area contributed by atoms with Crippen molar-refractivity contribution in [1.82, 2.24) is 0 Å². The minimum Gasteiger partial charge on any atom is -0.324 e. The largest absolute Gasteiger partial charge is 0.324 e. The molecule has 84 valence electrons. The Morgan fingerprint density at radius 1 is 1.20 bits per heavy atom. The first kappa shape index (κ1) is 13.5. The van der Waals surface area contributed by atoms with Gasteiger partial charge in [-0.05, 0) is 36.1 Å². The standard InChI is InChI=1S/C11H13Br2N.ClH/c12-9-4-8(5-10(13)6-9)11(14)3-7-1-2-7;/h4-7,11H,1-3,14H2;1H/t11-;/m0./s1. The van der Waals surface area contributed by atoms with Gasteiger partial charge in [0.15, 0.2) is 0 Å². The van der Waals surface area contributed by atoms with E-state index in [4.69, 9.17) is 5.73 Å². The van der Waals surface area contributed by atoms with Crippen LogP contribution in [0, 0.1) is 5.92 Å². The first-order chi connectivity index (χ1) is 6.65. The number of hydrogen-bond acceptors (Lipinski definition) is 1. The van der Waals surface area contributed by atoms with Crippen molar-refractivity contribution < 1.29 is 0 Å². The Bertz CT molecular complexity index is 319. The summed E-state index contributed by atoms with van der Waals surface area (Å²) in [5.41, 5.74) is 7.35. The predicted octanol–water partition coefficient (Wildman–Crippen LogP) is 4.43. The molecule has 1 aromatic rings. The van der Waals surface area contributed by atoms with Crippen molar-refractivity contribution in [2.45, 2.75) is 25.3 Å². The van der Waals surface area contributed by atoms with Crippen molar-refractivity contribution in [2.75, 3.05) is 0 Å². The predicted molar refractivity (Wildman–Crippen MR) is 73.4 cm³/mol. The molecule has 1 atom stereocenters. The summed E-state index contributed by atoms with van der Waals surface area (Å²) in [4.78, 5) is 0. The molecule has 0 saturated heterocycles. The van der Waals surface area contributed by atoms with E-state index >= 15 is 0 Å². The molecule has 1 aromatic carbocycles. The molecule has 4 heteroatoms. The highest BCUT2D eigenvalue weighted by Gasteiger charge is 2.24. The van der Waals surface area contributed by atoms with Crippen LogP contribution in [0.1, 0.15) is 30.9 Å². The van der Waals surface area contributed by atoms with Crippen molar-refractivity contribution in [2.24, 2.45) is 11.7 Å². The van der Waals surface area contributed by atoms with Crippen LogP contribution in [-0.2, 0) is 0 Å². The SMILES string of the molecule is Cl.N[C@@H](CC1CC1)c1cc(Br)cc(Br)c1. The number of benzene rings is 1. The van der Waals surface area contributed by atoms with Gasteiger partial charge >= 0.3 is 0 Å². The van der Waals surface area contributed by atoms with Crippen LogP contribution in [0.15, 0.2) is 27.1 Å². The molecule has 1 saturated carbocycles. The van der Waals surface area contributed by atoms with E-state index in [2.05, 4.69) is 44.0 Å². The fourth-order valence-electron chi connectivity index (χ4n) is 1.64. The van der Waals surface area contributed by atoms with Crippen LogP contribution < -0.4 is 5.73 Å². The number of hydrogen-bond donors (Lipinski definition) is 1. The van der Waals surface area contributed by atoms with E-state index in [1.165, 1.54) is 18.4 Å². The lowest BCUT2D eigenvalue weighted by Gasteiger charge is -2.12. The fourth-order valence-corrected chi connectivity index (χ4v) is 2.97. The Morgan fingerprint density at radius 3 is 2.20 bits per heavy atom. The summed E-state index contributed by atoms with van der Waals surface area (Å²) in [6.07, 6.45) is 3.86. The quantitative estimate of drug-likeness (QED) is 0.853. The maximum atomic E-state index is 6.13. The van der Waals surface area contributed by atoms with Crippen molar-refractivity contribution >= 4 is 44.3 Å². The zero-order chi connectivity index (χ0) is 10.1. The molecule has 15 heavy (non-hydrogen) atoms. The second-order valence-electron chi connectivity index (χ2n) is 3.99. The van der Waals surface area contributed by atoms with Gasteiger partial charge in [0.2, 0.25) is 0 Å². The molecular weight excluding hydrogens is 341 g/mol. The van der Waals surface area contributed by atoms with Gasteiger partial charge in [0, 0.05) is 15.0 Å². The van der Waals surface area contributed by atoms with E-state index in [9.17, 15) is 0 Å². The molecule has 0 radical (unpaired) electrons. The molecule has 0 unspecified atom stereocenters. The molecule has 1 nitrogen and oxygen atoms in total. The maximum absolute atomic E-state index is 6.13. The van der Waals surface area contributed by atoms with E-state index in [1.54, 1.807) is 0 Å². The van der Waals surface area contributed by atoms with Gasteiger partial charge in [-0.15, -0.1) is 12.4 Å². The summed E-state index contributed by atoms with van der Waals surface area (Å²) in [5.74, 6) is 0.878. The maximum Gasteiger partial charge on any atom is 0.0298 e. The van der Waals surface area contributed by atoms with Crippen molar-refractivity contribution in [1.29, 1.82) is 0 Å². The van der Waals surface area contributed by atoms with Crippen LogP contribution in [-0.4, -0.2) is 0 Å². The van der Waals surface area contributed by atoms with Crippen LogP contribution >= 0.6 is 44.3 Å². The summed E-state index contributed by atoms with van der Waals surface area (Å²) >= 11 is 6.96. The number of nitrogens with two attached hydrogens (primary N) is 1. The molecule has 0 spiro atoms. The van der Waals surface area contributed by atoms with Gasteiger partial charge in [0.05, 0.1) is 0 Å². The van der Waals surface area contributed by atoms with Gasteiger partial charge in [-0.2, -0.15) is 0 Å². The first-order valence-electron chi connectivity index (χ1n) is 4.87. The van der Waals surface area contributed by atoms with Crippen molar-refractivity contribution in [3.8, 4) is 0 Å². The summed E-state index contributed by atoms with van der Waals surface area (Å²) in [7, 11) is 0. The molecule has 0 heterocycles. The molecule has 2 rings (SSSR count). The summed E-state index contributed by atoms with van der Waals surface area (Å²) < 4.78 is 2.18. The van der Waals surface area contributed by atoms with E-state index in [1.807, 2.05) is 6.07 Å². The molecule has 1 fully saturated rings. The van der Waals surface area contributed by atoms with Gasteiger partial charge in [-0.1, -0.05) is 44.7 Å². The van der Waals surface area contributed by atoms with Gasteiger partial charge in [0.25, 0.3) is 0 Å². The Labute approximate surface area is 113 Å². The molecular formula is C11H14Br2ClN. The van der Waals surface area contributed by atoms with Crippen molar-refractivity contribution in [3.63, 3.8) is 0 Å². The Balaban J connectivity index is 0.00000112. The average Bonchev–Trinajstić information content (AvgIpc) is 2.86. The van der Waals surface area contributed by atoms with Crippen LogP contribution in [0.2, 0.25) is 0 Å². The van der Waals surface area contributed by atoms with E-state index in [0.717, 1.165) is 21.3 Å². The third-order valence-corrected chi connectivity index (χ3v) is 3.51. The van der Waals surface area contributed by atoms with Crippen LogP contribution in [0.5, 0.6) is 0 Å². The van der Waals surface area contributed by atoms with E-state index in [-0.39, 0.29) is 18.4 Å². The zero-order valence-electron chi connectivity index (χ0n) is 8.25. The minimum absolute atomic E-state index is 0. The third-order valence-electron chi connectivity index (χ3n) is 2.60. The molecule has 0 aliphatic heterocycles. The van der Waals surface area contributed by atoms with Crippen LogP contribution in [0.3, 0.4) is 0 Å². The van der Waals surface area contributed by atoms with Gasteiger partial charge in [-0.3, -0.25) is 0 Å². The molecule has 0 bridgehead atoms.